The predicted octanol–water partition coefficient (Wildman–Crippen LogP) is 2.94. The fourth-order valence-electron chi connectivity index (χ4n) is 2.08. The number of carbonyl (C=O) groups is 2. The summed E-state index contributed by atoms with van der Waals surface area (Å²) >= 11 is 0. The van der Waals surface area contributed by atoms with Gasteiger partial charge in [-0.25, -0.2) is 0 Å². The molecule has 2 rings (SSSR count). The first-order valence-electron chi connectivity index (χ1n) is 6.29. The summed E-state index contributed by atoms with van der Waals surface area (Å²) in [5.41, 5.74) is 0.618. The molecule has 0 spiro atoms. The van der Waals surface area contributed by atoms with Crippen LogP contribution in [0, 0.1) is 5.92 Å². The van der Waals surface area contributed by atoms with Gasteiger partial charge in [0, 0.05) is 24.4 Å². The average Bonchev–Trinajstić information content (AvgIpc) is 2.41. The van der Waals surface area contributed by atoms with Gasteiger partial charge in [-0.1, -0.05) is 19.3 Å². The molecular weight excluding hydrogens is 230 g/mol. The van der Waals surface area contributed by atoms with E-state index < -0.39 is 5.97 Å². The van der Waals surface area contributed by atoms with Gasteiger partial charge in [0.15, 0.2) is 6.29 Å². The minimum Gasteiger partial charge on any atom is -0.481 e. The molecule has 0 bridgehead atoms. The molecule has 0 aromatic carbocycles. The molecule has 4 heteroatoms. The van der Waals surface area contributed by atoms with E-state index in [1.54, 1.807) is 18.3 Å². The van der Waals surface area contributed by atoms with Gasteiger partial charge in [-0.15, -0.1) is 0 Å². The third-order valence-electron chi connectivity index (χ3n) is 3.01. The number of hydrogen-bond donors (Lipinski definition) is 1. The van der Waals surface area contributed by atoms with Crippen LogP contribution >= 0.6 is 0 Å². The number of aliphatic carboxylic acids is 1. The van der Waals surface area contributed by atoms with E-state index in [2.05, 4.69) is 4.98 Å². The highest BCUT2D eigenvalue weighted by Crippen LogP contribution is 2.25. The molecule has 1 saturated carbocycles. The van der Waals surface area contributed by atoms with Crippen molar-refractivity contribution in [3.63, 3.8) is 0 Å². The van der Waals surface area contributed by atoms with E-state index in [1.165, 1.54) is 25.5 Å². The molecule has 1 fully saturated rings. The van der Waals surface area contributed by atoms with Crippen LogP contribution in [-0.2, 0) is 4.79 Å². The van der Waals surface area contributed by atoms with Crippen molar-refractivity contribution in [2.24, 2.45) is 5.92 Å². The summed E-state index contributed by atoms with van der Waals surface area (Å²) in [5, 5.41) is 8.47. The Hall–Kier alpha value is -1.71. The molecule has 0 aliphatic heterocycles. The first kappa shape index (κ1) is 14.4. The van der Waals surface area contributed by atoms with E-state index in [9.17, 15) is 9.59 Å². The number of carboxylic acids is 1. The molecule has 1 aromatic heterocycles. The zero-order valence-electron chi connectivity index (χ0n) is 10.4. The maximum atomic E-state index is 10.3. The molecule has 1 N–H and O–H groups in total. The van der Waals surface area contributed by atoms with Crippen LogP contribution in [0.5, 0.6) is 0 Å². The molecule has 1 aliphatic carbocycles. The number of rotatable bonds is 3. The largest absolute Gasteiger partial charge is 0.481 e. The fraction of sp³-hybridized carbons (Fsp3) is 0.500. The summed E-state index contributed by atoms with van der Waals surface area (Å²) in [5.74, 6) is -0.154. The Bertz CT molecular complexity index is 359. The van der Waals surface area contributed by atoms with E-state index in [4.69, 9.17) is 5.11 Å². The Balaban J connectivity index is 0.000000184. The Labute approximate surface area is 107 Å². The molecule has 1 aliphatic rings. The van der Waals surface area contributed by atoms with E-state index in [0.717, 1.165) is 19.1 Å². The number of pyridine rings is 1. The molecule has 0 radical (unpaired) electrons. The van der Waals surface area contributed by atoms with Gasteiger partial charge in [-0.05, 0) is 30.9 Å². The van der Waals surface area contributed by atoms with Crippen molar-refractivity contribution in [3.8, 4) is 0 Å². The lowest BCUT2D eigenvalue weighted by Crippen LogP contribution is -2.10. The number of nitrogens with zero attached hydrogens (tertiary/aromatic N) is 1. The maximum absolute atomic E-state index is 10.3. The molecule has 1 aromatic rings. The summed E-state index contributed by atoms with van der Waals surface area (Å²) in [6.45, 7) is 0. The van der Waals surface area contributed by atoms with Gasteiger partial charge in [0.2, 0.25) is 0 Å². The van der Waals surface area contributed by atoms with Crippen molar-refractivity contribution < 1.29 is 14.7 Å². The number of hydrogen-bond acceptors (Lipinski definition) is 3. The third kappa shape index (κ3) is 6.13. The maximum Gasteiger partial charge on any atom is 0.303 e. The second kappa shape index (κ2) is 8.39. The molecule has 0 saturated heterocycles. The molecule has 1 heterocycles. The molecular formula is C14H19NO3. The van der Waals surface area contributed by atoms with Crippen molar-refractivity contribution in [1.29, 1.82) is 0 Å². The van der Waals surface area contributed by atoms with Crippen molar-refractivity contribution in [1.82, 2.24) is 4.98 Å². The van der Waals surface area contributed by atoms with Gasteiger partial charge in [-0.3, -0.25) is 14.6 Å². The SMILES string of the molecule is O=C(O)CC1CCCCC1.O=Cc1cccnc1. The lowest BCUT2D eigenvalue weighted by atomic mass is 9.87. The Morgan fingerprint density at radius 1 is 1.39 bits per heavy atom. The van der Waals surface area contributed by atoms with Crippen LogP contribution < -0.4 is 0 Å². The van der Waals surface area contributed by atoms with Crippen LogP contribution in [0.4, 0.5) is 0 Å². The highest BCUT2D eigenvalue weighted by atomic mass is 16.4. The fourth-order valence-corrected chi connectivity index (χ4v) is 2.08. The molecule has 4 nitrogen and oxygen atoms in total. The van der Waals surface area contributed by atoms with Gasteiger partial charge >= 0.3 is 5.97 Å². The summed E-state index contributed by atoms with van der Waals surface area (Å²) in [6.07, 6.45) is 10.3. The van der Waals surface area contributed by atoms with Crippen molar-refractivity contribution in [3.05, 3.63) is 30.1 Å². The van der Waals surface area contributed by atoms with Crippen LogP contribution in [0.1, 0.15) is 48.9 Å². The third-order valence-corrected chi connectivity index (χ3v) is 3.01. The molecule has 18 heavy (non-hydrogen) atoms. The molecule has 98 valence electrons. The van der Waals surface area contributed by atoms with Crippen LogP contribution in [0.3, 0.4) is 0 Å². The minimum absolute atomic E-state index is 0.389. The highest BCUT2D eigenvalue weighted by Gasteiger charge is 2.15. The average molecular weight is 249 g/mol. The smallest absolute Gasteiger partial charge is 0.303 e. The Kier molecular flexibility index (Phi) is 6.69. The van der Waals surface area contributed by atoms with Crippen molar-refractivity contribution in [2.45, 2.75) is 38.5 Å². The standard InChI is InChI=1S/C8H14O2.C6H5NO/c9-8(10)6-7-4-2-1-3-5-7;8-5-6-2-1-3-7-4-6/h7H,1-6H2,(H,9,10);1-5H. The number of aromatic nitrogens is 1. The first-order chi connectivity index (χ1) is 8.72. The topological polar surface area (TPSA) is 67.3 Å². The van der Waals surface area contributed by atoms with E-state index in [-0.39, 0.29) is 0 Å². The molecule has 0 unspecified atom stereocenters. The second-order valence-electron chi connectivity index (χ2n) is 4.51. The predicted molar refractivity (Wildman–Crippen MR) is 68.5 cm³/mol. The summed E-state index contributed by atoms with van der Waals surface area (Å²) in [7, 11) is 0. The van der Waals surface area contributed by atoms with E-state index in [1.807, 2.05) is 0 Å². The Morgan fingerprint density at radius 2 is 2.11 bits per heavy atom. The Morgan fingerprint density at radius 3 is 2.56 bits per heavy atom. The normalized spacial score (nSPS) is 15.3. The zero-order valence-corrected chi connectivity index (χ0v) is 10.4. The second-order valence-corrected chi connectivity index (χ2v) is 4.51. The van der Waals surface area contributed by atoms with Gasteiger partial charge < -0.3 is 5.11 Å². The van der Waals surface area contributed by atoms with Gasteiger partial charge in [0.05, 0.1) is 0 Å². The molecule has 0 amide bonds. The van der Waals surface area contributed by atoms with Crippen molar-refractivity contribution >= 4 is 12.3 Å². The van der Waals surface area contributed by atoms with Crippen LogP contribution in [0.15, 0.2) is 24.5 Å². The molecule has 0 atom stereocenters. The lowest BCUT2D eigenvalue weighted by molar-refractivity contribution is -0.138. The van der Waals surface area contributed by atoms with E-state index >= 15 is 0 Å². The minimum atomic E-state index is -0.632. The number of aldehydes is 1. The van der Waals surface area contributed by atoms with Gasteiger partial charge in [0.25, 0.3) is 0 Å². The lowest BCUT2D eigenvalue weighted by Gasteiger charge is -2.18. The first-order valence-corrected chi connectivity index (χ1v) is 6.29. The quantitative estimate of drug-likeness (QED) is 0.836. The summed E-state index contributed by atoms with van der Waals surface area (Å²) in [6, 6.07) is 3.43. The zero-order chi connectivity index (χ0) is 13.2. The highest BCUT2D eigenvalue weighted by molar-refractivity contribution is 5.73. The monoisotopic (exact) mass is 249 g/mol. The summed E-state index contributed by atoms with van der Waals surface area (Å²) < 4.78 is 0. The number of carbonyl (C=O) groups excluding carboxylic acids is 1. The van der Waals surface area contributed by atoms with Crippen molar-refractivity contribution in [2.75, 3.05) is 0 Å². The van der Waals surface area contributed by atoms with E-state index in [0.29, 0.717) is 17.9 Å². The van der Waals surface area contributed by atoms with Gasteiger partial charge in [-0.2, -0.15) is 0 Å². The summed E-state index contributed by atoms with van der Waals surface area (Å²) in [4.78, 5) is 24.0. The van der Waals surface area contributed by atoms with Crippen LogP contribution in [0.25, 0.3) is 0 Å². The van der Waals surface area contributed by atoms with Crippen LogP contribution in [0.2, 0.25) is 0 Å². The number of carboxylic acid groups (broad SMARTS) is 1. The van der Waals surface area contributed by atoms with Crippen LogP contribution in [-0.4, -0.2) is 22.3 Å². The van der Waals surface area contributed by atoms with Gasteiger partial charge in [0.1, 0.15) is 0 Å².